The molecule has 4 rings (SSSR count). The molecule has 1 heterocycles. The number of amides is 1. The first-order valence-corrected chi connectivity index (χ1v) is 12.9. The minimum Gasteiger partial charge on any atom is -0.488 e. The van der Waals surface area contributed by atoms with Gasteiger partial charge in [-0.25, -0.2) is 9.79 Å². The summed E-state index contributed by atoms with van der Waals surface area (Å²) in [6, 6.07) is 21.8. The first-order valence-electron chi connectivity index (χ1n) is 11.3. The standard InChI is InChI=1S/C28H22BrN3O4S/c1-3-32-26(33)25(37-28(32)31-22-11-9-19(10-12-22)27(34)35-2)15-18-8-13-24(23(29)14-18)36-17-21-7-5-4-6-20(21)16-30/h4-15H,3,17H2,1-2H3/b25-15+,31-28?. The van der Waals surface area contributed by atoms with Crippen LogP contribution in [-0.2, 0) is 16.1 Å². The Hall–Kier alpha value is -3.87. The van der Waals surface area contributed by atoms with Gasteiger partial charge in [-0.15, -0.1) is 0 Å². The Bertz CT molecular complexity index is 1440. The largest absolute Gasteiger partial charge is 0.488 e. The van der Waals surface area contributed by atoms with Crippen molar-refractivity contribution in [1.82, 2.24) is 4.90 Å². The molecule has 1 fully saturated rings. The van der Waals surface area contributed by atoms with Crippen LogP contribution in [0.15, 0.2) is 81.1 Å². The second-order valence-corrected chi connectivity index (χ2v) is 9.70. The number of nitriles is 1. The fourth-order valence-electron chi connectivity index (χ4n) is 3.56. The number of carbonyl (C=O) groups excluding carboxylic acids is 2. The van der Waals surface area contributed by atoms with Gasteiger partial charge >= 0.3 is 5.97 Å². The van der Waals surface area contributed by atoms with E-state index in [9.17, 15) is 14.9 Å². The van der Waals surface area contributed by atoms with Gasteiger partial charge in [0.05, 0.1) is 39.4 Å². The summed E-state index contributed by atoms with van der Waals surface area (Å²) in [6.07, 6.45) is 1.82. The number of benzene rings is 3. The number of nitrogens with zero attached hydrogens (tertiary/aromatic N) is 3. The van der Waals surface area contributed by atoms with Crippen LogP contribution >= 0.6 is 27.7 Å². The topological polar surface area (TPSA) is 92.0 Å². The molecule has 3 aromatic rings. The van der Waals surface area contributed by atoms with E-state index in [1.807, 2.05) is 49.4 Å². The van der Waals surface area contributed by atoms with Gasteiger partial charge in [-0.2, -0.15) is 5.26 Å². The third kappa shape index (κ3) is 6.10. The van der Waals surface area contributed by atoms with Crippen molar-refractivity contribution in [2.24, 2.45) is 4.99 Å². The molecule has 0 aliphatic carbocycles. The van der Waals surface area contributed by atoms with Crippen LogP contribution in [0.2, 0.25) is 0 Å². The molecular formula is C28H22BrN3O4S. The number of ether oxygens (including phenoxy) is 2. The van der Waals surface area contributed by atoms with E-state index in [4.69, 9.17) is 9.47 Å². The van der Waals surface area contributed by atoms with E-state index < -0.39 is 5.97 Å². The zero-order valence-electron chi connectivity index (χ0n) is 20.1. The zero-order valence-corrected chi connectivity index (χ0v) is 22.5. The molecule has 7 nitrogen and oxygen atoms in total. The van der Waals surface area contributed by atoms with Crippen molar-refractivity contribution in [2.75, 3.05) is 13.7 Å². The summed E-state index contributed by atoms with van der Waals surface area (Å²) in [6.45, 7) is 2.64. The van der Waals surface area contributed by atoms with Crippen molar-refractivity contribution in [1.29, 1.82) is 5.26 Å². The Morgan fingerprint density at radius 1 is 1.16 bits per heavy atom. The van der Waals surface area contributed by atoms with E-state index in [0.717, 1.165) is 15.6 Å². The predicted octanol–water partition coefficient (Wildman–Crippen LogP) is 6.31. The SMILES string of the molecule is CCN1C(=O)/C(=C\c2ccc(OCc3ccccc3C#N)c(Br)c2)SC1=Nc1ccc(C(=O)OC)cc1. The highest BCUT2D eigenvalue weighted by Gasteiger charge is 2.32. The Morgan fingerprint density at radius 3 is 2.59 bits per heavy atom. The van der Waals surface area contributed by atoms with Gasteiger partial charge in [0.25, 0.3) is 5.91 Å². The molecule has 1 aliphatic rings. The summed E-state index contributed by atoms with van der Waals surface area (Å²) in [5, 5.41) is 9.83. The molecule has 0 atom stereocenters. The number of hydrogen-bond acceptors (Lipinski definition) is 7. The van der Waals surface area contributed by atoms with Crippen LogP contribution in [0.1, 0.15) is 34.0 Å². The maximum absolute atomic E-state index is 13.0. The third-order valence-electron chi connectivity index (χ3n) is 5.49. The predicted molar refractivity (Wildman–Crippen MR) is 147 cm³/mol. The molecule has 0 saturated carbocycles. The van der Waals surface area contributed by atoms with Crippen LogP contribution < -0.4 is 4.74 Å². The molecule has 0 radical (unpaired) electrons. The molecule has 1 aliphatic heterocycles. The van der Waals surface area contributed by atoms with E-state index in [1.54, 1.807) is 35.2 Å². The molecule has 0 aromatic heterocycles. The minimum absolute atomic E-state index is 0.123. The lowest BCUT2D eigenvalue weighted by atomic mass is 10.1. The van der Waals surface area contributed by atoms with E-state index in [-0.39, 0.29) is 12.5 Å². The number of likely N-dealkylation sites (N-methyl/N-ethyl adjacent to an activating group) is 1. The number of rotatable bonds is 7. The van der Waals surface area contributed by atoms with Crippen molar-refractivity contribution >= 4 is 56.5 Å². The Balaban J connectivity index is 1.51. The highest BCUT2D eigenvalue weighted by molar-refractivity contribution is 9.10. The number of amidine groups is 1. The highest BCUT2D eigenvalue weighted by atomic mass is 79.9. The molecular weight excluding hydrogens is 554 g/mol. The van der Waals surface area contributed by atoms with E-state index in [0.29, 0.717) is 39.2 Å². The molecule has 37 heavy (non-hydrogen) atoms. The molecule has 1 saturated heterocycles. The van der Waals surface area contributed by atoms with Gasteiger partial charge in [0, 0.05) is 12.1 Å². The van der Waals surface area contributed by atoms with Crippen molar-refractivity contribution in [3.05, 3.63) is 98.4 Å². The number of esters is 1. The summed E-state index contributed by atoms with van der Waals surface area (Å²) >= 11 is 4.84. The molecule has 0 unspecified atom stereocenters. The average Bonchev–Trinajstić information content (AvgIpc) is 3.21. The number of thioether (sulfide) groups is 1. The number of carbonyl (C=O) groups is 2. The van der Waals surface area contributed by atoms with Gasteiger partial charge in [-0.05, 0) is 88.7 Å². The summed E-state index contributed by atoms with van der Waals surface area (Å²) in [5.74, 6) is 0.0923. The molecule has 1 amide bonds. The van der Waals surface area contributed by atoms with Crippen LogP contribution in [-0.4, -0.2) is 35.6 Å². The van der Waals surface area contributed by atoms with Gasteiger partial charge in [0.2, 0.25) is 0 Å². The van der Waals surface area contributed by atoms with Crippen LogP contribution in [0.4, 0.5) is 5.69 Å². The number of halogens is 1. The van der Waals surface area contributed by atoms with Gasteiger partial charge < -0.3 is 9.47 Å². The molecule has 9 heteroatoms. The maximum Gasteiger partial charge on any atom is 0.337 e. The third-order valence-corrected chi connectivity index (χ3v) is 7.12. The molecule has 0 bridgehead atoms. The van der Waals surface area contributed by atoms with Gasteiger partial charge in [-0.3, -0.25) is 9.69 Å². The monoisotopic (exact) mass is 575 g/mol. The molecule has 3 aromatic carbocycles. The minimum atomic E-state index is -0.417. The van der Waals surface area contributed by atoms with Crippen LogP contribution in [0.3, 0.4) is 0 Å². The van der Waals surface area contributed by atoms with Crippen molar-refractivity contribution in [2.45, 2.75) is 13.5 Å². The average molecular weight is 576 g/mol. The van der Waals surface area contributed by atoms with Crippen molar-refractivity contribution < 1.29 is 19.1 Å². The fourth-order valence-corrected chi connectivity index (χ4v) is 5.13. The van der Waals surface area contributed by atoms with E-state index in [2.05, 4.69) is 27.0 Å². The number of aliphatic imine (C=N–C) groups is 1. The summed E-state index contributed by atoms with van der Waals surface area (Å²) in [4.78, 5) is 31.5. The lowest BCUT2D eigenvalue weighted by molar-refractivity contribution is -0.122. The summed E-state index contributed by atoms with van der Waals surface area (Å²) in [7, 11) is 1.33. The van der Waals surface area contributed by atoms with Crippen LogP contribution in [0, 0.1) is 11.3 Å². The Labute approximate surface area is 227 Å². The first-order chi connectivity index (χ1) is 17.9. The Morgan fingerprint density at radius 2 is 1.92 bits per heavy atom. The van der Waals surface area contributed by atoms with Gasteiger partial charge in [-0.1, -0.05) is 24.3 Å². The van der Waals surface area contributed by atoms with E-state index >= 15 is 0 Å². The zero-order chi connectivity index (χ0) is 26.4. The highest BCUT2D eigenvalue weighted by Crippen LogP contribution is 2.35. The Kier molecular flexibility index (Phi) is 8.43. The van der Waals surface area contributed by atoms with E-state index in [1.165, 1.54) is 18.9 Å². The van der Waals surface area contributed by atoms with Gasteiger partial charge in [0.15, 0.2) is 5.17 Å². The first kappa shape index (κ1) is 26.2. The maximum atomic E-state index is 13.0. The number of hydrogen-bond donors (Lipinski definition) is 0. The van der Waals surface area contributed by atoms with Crippen molar-refractivity contribution in [3.63, 3.8) is 0 Å². The normalized spacial score (nSPS) is 15.2. The lowest BCUT2D eigenvalue weighted by Crippen LogP contribution is -2.28. The van der Waals surface area contributed by atoms with Crippen molar-refractivity contribution in [3.8, 4) is 11.8 Å². The number of methoxy groups -OCH3 is 1. The fraction of sp³-hybridized carbons (Fsp3) is 0.143. The quantitative estimate of drug-likeness (QED) is 0.242. The molecule has 186 valence electrons. The summed E-state index contributed by atoms with van der Waals surface area (Å²) < 4.78 is 11.4. The molecule has 0 spiro atoms. The van der Waals surface area contributed by atoms with Crippen LogP contribution in [0.5, 0.6) is 5.75 Å². The lowest BCUT2D eigenvalue weighted by Gasteiger charge is -2.12. The van der Waals surface area contributed by atoms with Gasteiger partial charge in [0.1, 0.15) is 12.4 Å². The summed E-state index contributed by atoms with van der Waals surface area (Å²) in [5.41, 5.74) is 3.27. The molecule has 0 N–H and O–H groups in total. The second-order valence-electron chi connectivity index (χ2n) is 7.84. The van der Waals surface area contributed by atoms with Crippen LogP contribution in [0.25, 0.3) is 6.08 Å². The second kappa shape index (κ2) is 11.9. The smallest absolute Gasteiger partial charge is 0.337 e.